The first-order valence-corrected chi connectivity index (χ1v) is 13.2. The van der Waals surface area contributed by atoms with Gasteiger partial charge in [-0.2, -0.15) is 5.26 Å². The average molecular weight is 512 g/mol. The molecule has 3 heteroatoms. The van der Waals surface area contributed by atoms with Crippen LogP contribution in [0, 0.1) is 11.3 Å². The number of para-hydroxylation sites is 3. The molecule has 0 radical (unpaired) electrons. The van der Waals surface area contributed by atoms with Crippen molar-refractivity contribution in [1.29, 1.82) is 5.26 Å². The van der Waals surface area contributed by atoms with Crippen LogP contribution in [0.5, 0.6) is 0 Å². The zero-order chi connectivity index (χ0) is 26.6. The molecule has 0 fully saturated rings. The van der Waals surface area contributed by atoms with Crippen molar-refractivity contribution in [3.8, 4) is 39.4 Å². The monoisotopic (exact) mass is 511 g/mol. The quantitative estimate of drug-likeness (QED) is 0.237. The van der Waals surface area contributed by atoms with Gasteiger partial charge in [0, 0.05) is 38.2 Å². The second-order valence-corrected chi connectivity index (χ2v) is 9.98. The van der Waals surface area contributed by atoms with Gasteiger partial charge in [0.15, 0.2) is 0 Å². The van der Waals surface area contributed by atoms with Gasteiger partial charge in [-0.15, -0.1) is 0 Å². The summed E-state index contributed by atoms with van der Waals surface area (Å²) in [7, 11) is 0. The molecule has 40 heavy (non-hydrogen) atoms. The number of nitrogens with zero attached hydrogens (tertiary/aromatic N) is 1. The summed E-state index contributed by atoms with van der Waals surface area (Å²) in [5.41, 5.74) is 9.60. The Morgan fingerprint density at radius 1 is 0.450 bits per heavy atom. The normalized spacial score (nSPS) is 11.5. The summed E-state index contributed by atoms with van der Waals surface area (Å²) in [6, 6.07) is 45.5. The van der Waals surface area contributed by atoms with Gasteiger partial charge in [0.25, 0.3) is 0 Å². The summed E-state index contributed by atoms with van der Waals surface area (Å²) in [6.45, 7) is 0. The molecule has 186 valence electrons. The van der Waals surface area contributed by atoms with Crippen LogP contribution in [0.2, 0.25) is 0 Å². The Labute approximate surface area is 230 Å². The Bertz CT molecular complexity index is 2280. The molecule has 0 spiro atoms. The number of fused-ring (bicyclic) bond motifs is 6. The summed E-state index contributed by atoms with van der Waals surface area (Å²) < 4.78 is 12.6. The third-order valence-electron chi connectivity index (χ3n) is 7.74. The van der Waals surface area contributed by atoms with Crippen molar-refractivity contribution >= 4 is 43.9 Å². The van der Waals surface area contributed by atoms with E-state index in [4.69, 9.17) is 8.83 Å². The van der Waals surface area contributed by atoms with Crippen LogP contribution in [-0.2, 0) is 0 Å². The lowest BCUT2D eigenvalue weighted by atomic mass is 9.87. The predicted octanol–water partition coefficient (Wildman–Crippen LogP) is 10.4. The maximum Gasteiger partial charge on any atom is 0.143 e. The van der Waals surface area contributed by atoms with Gasteiger partial charge in [-0.1, -0.05) is 97.1 Å². The zero-order valence-electron chi connectivity index (χ0n) is 21.4. The van der Waals surface area contributed by atoms with E-state index < -0.39 is 0 Å². The van der Waals surface area contributed by atoms with E-state index in [9.17, 15) is 5.26 Å². The van der Waals surface area contributed by atoms with Gasteiger partial charge in [-0.3, -0.25) is 0 Å². The third-order valence-corrected chi connectivity index (χ3v) is 7.74. The molecule has 2 heterocycles. The van der Waals surface area contributed by atoms with Gasteiger partial charge in [0.05, 0.1) is 5.56 Å². The van der Waals surface area contributed by atoms with Crippen LogP contribution in [-0.4, -0.2) is 0 Å². The van der Waals surface area contributed by atoms with E-state index in [0.29, 0.717) is 5.56 Å². The highest BCUT2D eigenvalue weighted by Gasteiger charge is 2.21. The van der Waals surface area contributed by atoms with E-state index in [2.05, 4.69) is 54.6 Å². The van der Waals surface area contributed by atoms with Crippen molar-refractivity contribution in [2.45, 2.75) is 0 Å². The molecule has 3 nitrogen and oxygen atoms in total. The van der Waals surface area contributed by atoms with E-state index in [-0.39, 0.29) is 0 Å². The van der Waals surface area contributed by atoms with Crippen LogP contribution in [0.4, 0.5) is 0 Å². The first-order valence-electron chi connectivity index (χ1n) is 13.2. The Hall–Kier alpha value is -5.59. The smallest absolute Gasteiger partial charge is 0.143 e. The molecule has 6 aromatic carbocycles. The van der Waals surface area contributed by atoms with Crippen molar-refractivity contribution in [3.05, 3.63) is 133 Å². The molecular formula is C37H21NO2. The van der Waals surface area contributed by atoms with Gasteiger partial charge >= 0.3 is 0 Å². The minimum absolute atomic E-state index is 0.618. The fourth-order valence-corrected chi connectivity index (χ4v) is 5.95. The van der Waals surface area contributed by atoms with Gasteiger partial charge in [-0.05, 0) is 47.0 Å². The minimum atomic E-state index is 0.618. The van der Waals surface area contributed by atoms with Crippen LogP contribution in [0.1, 0.15) is 5.56 Å². The van der Waals surface area contributed by atoms with Crippen LogP contribution in [0.25, 0.3) is 77.3 Å². The maximum atomic E-state index is 10.6. The first-order chi connectivity index (χ1) is 19.8. The molecule has 2 aromatic heterocycles. The molecule has 0 atom stereocenters. The van der Waals surface area contributed by atoms with E-state index in [0.717, 1.165) is 77.3 Å². The highest BCUT2D eigenvalue weighted by atomic mass is 16.3. The van der Waals surface area contributed by atoms with Crippen molar-refractivity contribution in [2.24, 2.45) is 0 Å². The average Bonchev–Trinajstić information content (AvgIpc) is 3.59. The van der Waals surface area contributed by atoms with Gasteiger partial charge in [0.2, 0.25) is 0 Å². The summed E-state index contributed by atoms with van der Waals surface area (Å²) in [6.07, 6.45) is 0. The third kappa shape index (κ3) is 3.30. The molecule has 8 rings (SSSR count). The fraction of sp³-hybridized carbons (Fsp3) is 0. The molecule has 0 unspecified atom stereocenters. The van der Waals surface area contributed by atoms with Gasteiger partial charge in [-0.25, -0.2) is 0 Å². The predicted molar refractivity (Wildman–Crippen MR) is 162 cm³/mol. The summed E-state index contributed by atoms with van der Waals surface area (Å²) in [5.74, 6) is 0. The van der Waals surface area contributed by atoms with Crippen molar-refractivity contribution < 1.29 is 8.83 Å². The zero-order valence-corrected chi connectivity index (χ0v) is 21.4. The van der Waals surface area contributed by atoms with Crippen molar-refractivity contribution in [1.82, 2.24) is 0 Å². The topological polar surface area (TPSA) is 50.1 Å². The van der Waals surface area contributed by atoms with E-state index in [1.807, 2.05) is 78.9 Å². The number of rotatable bonds is 3. The van der Waals surface area contributed by atoms with Gasteiger partial charge < -0.3 is 8.83 Å². The number of nitriles is 1. The second kappa shape index (κ2) is 8.73. The lowest BCUT2D eigenvalue weighted by Crippen LogP contribution is -1.93. The molecule has 0 aliphatic heterocycles. The molecule has 0 saturated heterocycles. The van der Waals surface area contributed by atoms with E-state index in [1.54, 1.807) is 0 Å². The summed E-state index contributed by atoms with van der Waals surface area (Å²) in [5, 5.41) is 14.8. The van der Waals surface area contributed by atoms with Crippen LogP contribution in [0.3, 0.4) is 0 Å². The molecule has 0 N–H and O–H groups in total. The van der Waals surface area contributed by atoms with Crippen molar-refractivity contribution in [3.63, 3.8) is 0 Å². The minimum Gasteiger partial charge on any atom is -0.456 e. The van der Waals surface area contributed by atoms with Crippen LogP contribution in [0.15, 0.2) is 136 Å². The maximum absolute atomic E-state index is 10.6. The SMILES string of the molecule is N#Cc1c(-c2ccccc2)cc(-c2cccc3oc4ccccc4c23)cc1-c1cccc2c1oc1ccccc12. The molecular weight excluding hydrogens is 490 g/mol. The summed E-state index contributed by atoms with van der Waals surface area (Å²) >= 11 is 0. The Morgan fingerprint density at radius 3 is 1.90 bits per heavy atom. The lowest BCUT2D eigenvalue weighted by Gasteiger charge is -2.15. The van der Waals surface area contributed by atoms with Crippen LogP contribution < -0.4 is 0 Å². The standard InChI is InChI=1S/C37H21NO2/c38-22-32-30(23-10-2-1-3-11-23)20-24(25-14-9-19-35-36(25)29-13-5-7-18-34(29)39-35)21-31(32)28-16-8-15-27-26-12-4-6-17-33(26)40-37(27)28/h1-21H. The lowest BCUT2D eigenvalue weighted by molar-refractivity contribution is 0.669. The Balaban J connectivity index is 1.50. The molecule has 0 aliphatic carbocycles. The van der Waals surface area contributed by atoms with E-state index >= 15 is 0 Å². The largest absolute Gasteiger partial charge is 0.456 e. The van der Waals surface area contributed by atoms with Gasteiger partial charge in [0.1, 0.15) is 28.4 Å². The number of hydrogen-bond acceptors (Lipinski definition) is 3. The molecule has 0 bridgehead atoms. The molecule has 0 saturated carbocycles. The molecule has 0 aliphatic rings. The molecule has 0 amide bonds. The van der Waals surface area contributed by atoms with E-state index in [1.165, 1.54) is 0 Å². The fourth-order valence-electron chi connectivity index (χ4n) is 5.95. The first kappa shape index (κ1) is 22.4. The molecule has 8 aromatic rings. The van der Waals surface area contributed by atoms with Crippen molar-refractivity contribution in [2.75, 3.05) is 0 Å². The summed E-state index contributed by atoms with van der Waals surface area (Å²) in [4.78, 5) is 0. The number of hydrogen-bond donors (Lipinski definition) is 0. The highest BCUT2D eigenvalue weighted by molar-refractivity contribution is 6.14. The Kier molecular flexibility index (Phi) is 4.89. The Morgan fingerprint density at radius 2 is 1.07 bits per heavy atom. The second-order valence-electron chi connectivity index (χ2n) is 9.98. The highest BCUT2D eigenvalue weighted by Crippen LogP contribution is 2.44. The van der Waals surface area contributed by atoms with Crippen LogP contribution >= 0.6 is 0 Å². The number of benzene rings is 6. The number of furan rings is 2.